The summed E-state index contributed by atoms with van der Waals surface area (Å²) in [5.41, 5.74) is 0.520. The van der Waals surface area contributed by atoms with Gasteiger partial charge in [-0.25, -0.2) is 17.6 Å². The number of sulfonamides is 1. The number of anilines is 1. The number of hydrogen-bond donors (Lipinski definition) is 2. The molecule has 0 spiro atoms. The lowest BCUT2D eigenvalue weighted by Crippen LogP contribution is -2.14. The van der Waals surface area contributed by atoms with E-state index in [1.807, 2.05) is 0 Å². The molecule has 0 atom stereocenters. The molecule has 3 rings (SSSR count). The number of carboxylic acid groups (broad SMARTS) is 1. The minimum atomic E-state index is -4.02. The van der Waals surface area contributed by atoms with Crippen molar-refractivity contribution in [3.05, 3.63) is 58.9 Å². The number of hydrogen-bond acceptors (Lipinski definition) is 4. The summed E-state index contributed by atoms with van der Waals surface area (Å²) in [6.07, 6.45) is 0.942. The van der Waals surface area contributed by atoms with Crippen molar-refractivity contribution in [3.8, 4) is 0 Å². The summed E-state index contributed by atoms with van der Waals surface area (Å²) in [5.74, 6) is -2.61. The predicted molar refractivity (Wildman–Crippen MR) is 83.3 cm³/mol. The molecule has 0 aliphatic heterocycles. The third kappa shape index (κ3) is 2.88. The number of aryl methyl sites for hydroxylation is 1. The van der Waals surface area contributed by atoms with Crippen LogP contribution in [0.4, 0.5) is 10.1 Å². The smallest absolute Gasteiger partial charge is 0.338 e. The SMILES string of the molecule is O=C(O)c1ccc(NS(=O)(=O)c2ccc3c(c2)C(=O)CC3)cc1F. The minimum Gasteiger partial charge on any atom is -0.478 e. The van der Waals surface area contributed by atoms with Crippen LogP contribution in [0.15, 0.2) is 41.3 Å². The molecule has 2 aromatic rings. The van der Waals surface area contributed by atoms with Crippen molar-refractivity contribution in [1.82, 2.24) is 0 Å². The number of benzene rings is 2. The van der Waals surface area contributed by atoms with E-state index in [2.05, 4.69) is 4.72 Å². The number of rotatable bonds is 4. The van der Waals surface area contributed by atoms with Gasteiger partial charge in [0.1, 0.15) is 5.82 Å². The molecule has 1 aliphatic rings. The quantitative estimate of drug-likeness (QED) is 0.883. The highest BCUT2D eigenvalue weighted by Gasteiger charge is 2.23. The molecule has 0 unspecified atom stereocenters. The molecule has 6 nitrogen and oxygen atoms in total. The molecule has 0 saturated carbocycles. The highest BCUT2D eigenvalue weighted by atomic mass is 32.2. The summed E-state index contributed by atoms with van der Waals surface area (Å²) in [6.45, 7) is 0. The molecular weight excluding hydrogens is 337 g/mol. The monoisotopic (exact) mass is 349 g/mol. The van der Waals surface area contributed by atoms with E-state index in [9.17, 15) is 22.4 Å². The zero-order valence-electron chi connectivity index (χ0n) is 12.2. The van der Waals surface area contributed by atoms with E-state index < -0.39 is 27.4 Å². The first-order valence-electron chi connectivity index (χ1n) is 7.00. The maximum atomic E-state index is 13.6. The van der Waals surface area contributed by atoms with Gasteiger partial charge in [-0.05, 0) is 42.3 Å². The summed E-state index contributed by atoms with van der Waals surface area (Å²) in [4.78, 5) is 22.4. The van der Waals surface area contributed by atoms with Gasteiger partial charge in [0.05, 0.1) is 16.1 Å². The number of carbonyl (C=O) groups excluding carboxylic acids is 1. The molecule has 2 N–H and O–H groups in total. The number of halogens is 1. The first kappa shape index (κ1) is 16.1. The molecular formula is C16H12FNO5S. The fourth-order valence-electron chi connectivity index (χ4n) is 2.55. The summed E-state index contributed by atoms with van der Waals surface area (Å²) in [6, 6.07) is 7.18. The number of carbonyl (C=O) groups is 2. The van der Waals surface area contributed by atoms with Crippen LogP contribution in [-0.2, 0) is 16.4 Å². The Morgan fingerprint density at radius 1 is 1.12 bits per heavy atom. The molecule has 0 heterocycles. The molecule has 1 aliphatic carbocycles. The van der Waals surface area contributed by atoms with Crippen LogP contribution in [0, 0.1) is 5.82 Å². The zero-order valence-corrected chi connectivity index (χ0v) is 13.1. The predicted octanol–water partition coefficient (Wildman–Crippen LogP) is 2.45. The summed E-state index contributed by atoms with van der Waals surface area (Å²) in [7, 11) is -4.02. The number of nitrogens with one attached hydrogen (secondary N) is 1. The van der Waals surface area contributed by atoms with Crippen molar-refractivity contribution in [2.75, 3.05) is 4.72 Å². The van der Waals surface area contributed by atoms with Crippen molar-refractivity contribution < 1.29 is 27.5 Å². The lowest BCUT2D eigenvalue weighted by Gasteiger charge is -2.10. The van der Waals surface area contributed by atoms with Crippen LogP contribution in [0.3, 0.4) is 0 Å². The average Bonchev–Trinajstić information content (AvgIpc) is 2.87. The third-order valence-corrected chi connectivity index (χ3v) is 5.14. The van der Waals surface area contributed by atoms with Crippen molar-refractivity contribution in [1.29, 1.82) is 0 Å². The lowest BCUT2D eigenvalue weighted by atomic mass is 10.1. The first-order chi connectivity index (χ1) is 11.3. The Morgan fingerprint density at radius 2 is 1.88 bits per heavy atom. The van der Waals surface area contributed by atoms with Gasteiger partial charge in [0.15, 0.2) is 5.78 Å². The van der Waals surface area contributed by atoms with Crippen molar-refractivity contribution in [3.63, 3.8) is 0 Å². The molecule has 8 heteroatoms. The Balaban J connectivity index is 1.92. The Bertz CT molecular complexity index is 968. The molecule has 2 aromatic carbocycles. The van der Waals surface area contributed by atoms with E-state index in [0.717, 1.165) is 23.8 Å². The van der Waals surface area contributed by atoms with Crippen LogP contribution in [0.2, 0.25) is 0 Å². The van der Waals surface area contributed by atoms with Crippen LogP contribution >= 0.6 is 0 Å². The number of Topliss-reactive ketones (excluding diaryl/α,β-unsaturated/α-hetero) is 1. The van der Waals surface area contributed by atoms with Gasteiger partial charge in [0, 0.05) is 12.0 Å². The van der Waals surface area contributed by atoms with Gasteiger partial charge in [0.25, 0.3) is 10.0 Å². The van der Waals surface area contributed by atoms with Crippen LogP contribution in [-0.4, -0.2) is 25.3 Å². The maximum Gasteiger partial charge on any atom is 0.338 e. The van der Waals surface area contributed by atoms with Gasteiger partial charge >= 0.3 is 5.97 Å². The van der Waals surface area contributed by atoms with E-state index in [0.29, 0.717) is 18.4 Å². The van der Waals surface area contributed by atoms with Crippen LogP contribution in [0.25, 0.3) is 0 Å². The fourth-order valence-corrected chi connectivity index (χ4v) is 3.62. The number of fused-ring (bicyclic) bond motifs is 1. The summed E-state index contributed by atoms with van der Waals surface area (Å²) >= 11 is 0. The maximum absolute atomic E-state index is 13.6. The molecule has 0 aromatic heterocycles. The second kappa shape index (κ2) is 5.72. The van der Waals surface area contributed by atoms with Gasteiger partial charge in [-0.15, -0.1) is 0 Å². The van der Waals surface area contributed by atoms with Crippen LogP contribution in [0.1, 0.15) is 32.7 Å². The topological polar surface area (TPSA) is 101 Å². The standard InChI is InChI=1S/C16H12FNO5S/c17-14-7-10(3-5-12(14)16(20)21)18-24(22,23)11-4-1-9-2-6-15(19)13(9)8-11/h1,3-5,7-8,18H,2,6H2,(H,20,21). The van der Waals surface area contributed by atoms with Gasteiger partial charge < -0.3 is 5.11 Å². The van der Waals surface area contributed by atoms with Gasteiger partial charge in [0.2, 0.25) is 0 Å². The van der Waals surface area contributed by atoms with Crippen LogP contribution < -0.4 is 4.72 Å². The Kier molecular flexibility index (Phi) is 3.84. The van der Waals surface area contributed by atoms with E-state index in [-0.39, 0.29) is 16.4 Å². The van der Waals surface area contributed by atoms with Crippen molar-refractivity contribution in [2.24, 2.45) is 0 Å². The Labute approximate surface area is 137 Å². The second-order valence-electron chi connectivity index (χ2n) is 5.35. The van der Waals surface area contributed by atoms with Crippen molar-refractivity contribution >= 4 is 27.5 Å². The Morgan fingerprint density at radius 3 is 2.54 bits per heavy atom. The second-order valence-corrected chi connectivity index (χ2v) is 7.03. The molecule has 0 bridgehead atoms. The normalized spacial score (nSPS) is 13.6. The van der Waals surface area contributed by atoms with E-state index in [1.54, 1.807) is 6.07 Å². The molecule has 0 fully saturated rings. The molecule has 0 saturated heterocycles. The summed E-state index contributed by atoms with van der Waals surface area (Å²) < 4.78 is 40.6. The van der Waals surface area contributed by atoms with Crippen molar-refractivity contribution in [2.45, 2.75) is 17.7 Å². The molecule has 0 amide bonds. The third-order valence-electron chi connectivity index (χ3n) is 3.77. The fraction of sp³-hybridized carbons (Fsp3) is 0.125. The molecule has 24 heavy (non-hydrogen) atoms. The van der Waals surface area contributed by atoms with Gasteiger partial charge in [-0.2, -0.15) is 0 Å². The number of ketones is 1. The molecule has 124 valence electrons. The van der Waals surface area contributed by atoms with E-state index in [4.69, 9.17) is 5.11 Å². The summed E-state index contributed by atoms with van der Waals surface area (Å²) in [5, 5.41) is 8.77. The van der Waals surface area contributed by atoms with Gasteiger partial charge in [-0.3, -0.25) is 9.52 Å². The van der Waals surface area contributed by atoms with E-state index in [1.165, 1.54) is 12.1 Å². The highest BCUT2D eigenvalue weighted by Crippen LogP contribution is 2.26. The lowest BCUT2D eigenvalue weighted by molar-refractivity contribution is 0.0691. The first-order valence-corrected chi connectivity index (χ1v) is 8.48. The Hall–Kier alpha value is -2.74. The van der Waals surface area contributed by atoms with Gasteiger partial charge in [-0.1, -0.05) is 6.07 Å². The van der Waals surface area contributed by atoms with E-state index >= 15 is 0 Å². The number of aromatic carboxylic acids is 1. The largest absolute Gasteiger partial charge is 0.478 e. The number of carboxylic acids is 1. The average molecular weight is 349 g/mol. The van der Waals surface area contributed by atoms with Crippen LogP contribution in [0.5, 0.6) is 0 Å². The highest BCUT2D eigenvalue weighted by molar-refractivity contribution is 7.92. The molecule has 0 radical (unpaired) electrons. The zero-order chi connectivity index (χ0) is 17.5. The minimum absolute atomic E-state index is 0.107.